The van der Waals surface area contributed by atoms with Crippen LogP contribution in [0.3, 0.4) is 0 Å². The van der Waals surface area contributed by atoms with Crippen LogP contribution < -0.4 is 5.32 Å². The molecule has 0 unspecified atom stereocenters. The molecule has 0 aliphatic carbocycles. The van der Waals surface area contributed by atoms with Crippen molar-refractivity contribution >= 4 is 34.5 Å². The van der Waals surface area contributed by atoms with Gasteiger partial charge in [0.15, 0.2) is 0 Å². The van der Waals surface area contributed by atoms with Crippen molar-refractivity contribution in [2.75, 3.05) is 38.0 Å². The normalized spacial score (nSPS) is 14.4. The number of anilines is 1. The first-order valence-electron chi connectivity index (χ1n) is 15.3. The molecule has 0 radical (unpaired) electrons. The van der Waals surface area contributed by atoms with Crippen molar-refractivity contribution in [2.24, 2.45) is 11.8 Å². The lowest BCUT2D eigenvalue weighted by atomic mass is 10.1. The van der Waals surface area contributed by atoms with Gasteiger partial charge in [0.2, 0.25) is 5.95 Å². The number of piperidine rings is 1. The summed E-state index contributed by atoms with van der Waals surface area (Å²) in [5.74, 6) is 2.09. The molecule has 4 rings (SSSR count). The van der Waals surface area contributed by atoms with Crippen molar-refractivity contribution in [1.82, 2.24) is 19.4 Å². The molecule has 0 saturated carbocycles. The predicted octanol–water partition coefficient (Wildman–Crippen LogP) is 7.71. The molecule has 7 heteroatoms. The maximum atomic E-state index is 13.8. The maximum Gasteiger partial charge on any atom is 0.253 e. The van der Waals surface area contributed by atoms with Gasteiger partial charge in [-0.05, 0) is 99.5 Å². The topological polar surface area (TPSA) is 53.4 Å². The van der Waals surface area contributed by atoms with Crippen molar-refractivity contribution < 1.29 is 4.79 Å². The van der Waals surface area contributed by atoms with E-state index in [0.717, 1.165) is 78.6 Å². The van der Waals surface area contributed by atoms with E-state index >= 15 is 0 Å². The lowest BCUT2D eigenvalue weighted by Gasteiger charge is -2.26. The summed E-state index contributed by atoms with van der Waals surface area (Å²) in [5, 5.41) is 4.29. The van der Waals surface area contributed by atoms with Crippen molar-refractivity contribution in [1.29, 1.82) is 0 Å². The lowest BCUT2D eigenvalue weighted by molar-refractivity contribution is 0.0741. The average molecular weight is 566 g/mol. The zero-order valence-corrected chi connectivity index (χ0v) is 25.7. The molecule has 1 aliphatic rings. The number of fused-ring (bicyclic) bond motifs is 1. The Balaban J connectivity index is 1.58. The smallest absolute Gasteiger partial charge is 0.253 e. The lowest BCUT2D eigenvalue weighted by Crippen LogP contribution is -2.34. The van der Waals surface area contributed by atoms with E-state index < -0.39 is 0 Å². The molecule has 2 aromatic carbocycles. The highest BCUT2D eigenvalue weighted by Gasteiger charge is 2.20. The number of imidazole rings is 1. The number of rotatable bonds is 14. The average Bonchev–Trinajstić information content (AvgIpc) is 3.28. The maximum absolute atomic E-state index is 13.8. The number of halogens is 1. The monoisotopic (exact) mass is 565 g/mol. The number of carbonyl (C=O) groups excluding carboxylic acids is 1. The Morgan fingerprint density at radius 2 is 1.70 bits per heavy atom. The van der Waals surface area contributed by atoms with E-state index in [4.69, 9.17) is 16.6 Å². The highest BCUT2D eigenvalue weighted by atomic mass is 35.5. The van der Waals surface area contributed by atoms with E-state index in [1.165, 1.54) is 32.4 Å². The van der Waals surface area contributed by atoms with E-state index in [1.807, 2.05) is 30.3 Å². The van der Waals surface area contributed by atoms with Crippen LogP contribution in [0.15, 0.2) is 42.5 Å². The first kappa shape index (κ1) is 30.4. The quantitative estimate of drug-likeness (QED) is 0.217. The SMILES string of the molecule is CC(C)CCN(CCC(C)C)C(=O)c1ccc2nc(NCc3cccc(Cl)c3)n(CCCN3CCCCC3)c2c1. The first-order valence-corrected chi connectivity index (χ1v) is 15.7. The summed E-state index contributed by atoms with van der Waals surface area (Å²) in [7, 11) is 0. The summed E-state index contributed by atoms with van der Waals surface area (Å²) in [6.07, 6.45) is 7.02. The summed E-state index contributed by atoms with van der Waals surface area (Å²) >= 11 is 6.23. The minimum Gasteiger partial charge on any atom is -0.352 e. The van der Waals surface area contributed by atoms with Gasteiger partial charge in [0.1, 0.15) is 0 Å². The Hall–Kier alpha value is -2.57. The molecule has 0 atom stereocenters. The number of nitrogens with zero attached hydrogens (tertiary/aromatic N) is 4. The first-order chi connectivity index (χ1) is 19.3. The molecule has 218 valence electrons. The number of aryl methyl sites for hydroxylation is 1. The van der Waals surface area contributed by atoms with Crippen LogP contribution in [0.25, 0.3) is 11.0 Å². The Labute approximate surface area is 246 Å². The van der Waals surface area contributed by atoms with E-state index in [2.05, 4.69) is 59.5 Å². The van der Waals surface area contributed by atoms with Gasteiger partial charge < -0.3 is 19.7 Å². The largest absolute Gasteiger partial charge is 0.352 e. The zero-order valence-electron chi connectivity index (χ0n) is 25.0. The molecule has 0 spiro atoms. The Morgan fingerprint density at radius 1 is 0.975 bits per heavy atom. The van der Waals surface area contributed by atoms with E-state index in [0.29, 0.717) is 18.4 Å². The van der Waals surface area contributed by atoms with Crippen LogP contribution in [0.5, 0.6) is 0 Å². The molecule has 0 bridgehead atoms. The number of amides is 1. The standard InChI is InChI=1S/C33H48ClN5O/c1-25(2)14-20-38(21-15-26(3)4)32(40)28-12-13-30-31(23-28)39(19-9-18-37-16-6-5-7-17-37)33(36-30)35-24-27-10-8-11-29(34)22-27/h8,10-13,22-23,25-26H,5-7,9,14-21,24H2,1-4H3,(H,35,36). The molecule has 1 saturated heterocycles. The molecule has 1 fully saturated rings. The number of hydrogen-bond acceptors (Lipinski definition) is 4. The van der Waals surface area contributed by atoms with Crippen molar-refractivity contribution in [3.63, 3.8) is 0 Å². The molecule has 1 aromatic heterocycles. The summed E-state index contributed by atoms with van der Waals surface area (Å²) in [6, 6.07) is 14.0. The van der Waals surface area contributed by atoms with E-state index in [1.54, 1.807) is 0 Å². The second kappa shape index (κ2) is 14.9. The zero-order chi connectivity index (χ0) is 28.5. The summed E-state index contributed by atoms with van der Waals surface area (Å²) in [5.41, 5.74) is 3.80. The summed E-state index contributed by atoms with van der Waals surface area (Å²) < 4.78 is 2.27. The van der Waals surface area contributed by atoms with Crippen LogP contribution in [0.1, 0.15) is 82.1 Å². The van der Waals surface area contributed by atoms with Gasteiger partial charge in [-0.3, -0.25) is 4.79 Å². The molecule has 40 heavy (non-hydrogen) atoms. The highest BCUT2D eigenvalue weighted by molar-refractivity contribution is 6.30. The minimum atomic E-state index is 0.123. The van der Waals surface area contributed by atoms with Crippen LogP contribution >= 0.6 is 11.6 Å². The van der Waals surface area contributed by atoms with Gasteiger partial charge in [0.05, 0.1) is 11.0 Å². The third-order valence-electron chi connectivity index (χ3n) is 7.88. The van der Waals surface area contributed by atoms with Crippen molar-refractivity contribution in [2.45, 2.75) is 79.3 Å². The van der Waals surface area contributed by atoms with Gasteiger partial charge in [0, 0.05) is 36.8 Å². The fraction of sp³-hybridized carbons (Fsp3) is 0.576. The molecule has 2 heterocycles. The van der Waals surface area contributed by atoms with Gasteiger partial charge in [-0.25, -0.2) is 4.98 Å². The Morgan fingerprint density at radius 3 is 2.38 bits per heavy atom. The number of carbonyl (C=O) groups is 1. The third kappa shape index (κ3) is 8.71. The molecule has 3 aromatic rings. The second-order valence-corrected chi connectivity index (χ2v) is 12.6. The summed E-state index contributed by atoms with van der Waals surface area (Å²) in [4.78, 5) is 23.4. The van der Waals surface area contributed by atoms with Crippen molar-refractivity contribution in [3.05, 3.63) is 58.6 Å². The van der Waals surface area contributed by atoms with Crippen LogP contribution in [-0.2, 0) is 13.1 Å². The molecule has 1 aliphatic heterocycles. The number of aromatic nitrogens is 2. The highest BCUT2D eigenvalue weighted by Crippen LogP contribution is 2.24. The van der Waals surface area contributed by atoms with Gasteiger partial charge in [0.25, 0.3) is 5.91 Å². The molecule has 6 nitrogen and oxygen atoms in total. The predicted molar refractivity (Wildman–Crippen MR) is 168 cm³/mol. The number of nitrogens with one attached hydrogen (secondary N) is 1. The van der Waals surface area contributed by atoms with Crippen LogP contribution in [0.4, 0.5) is 5.95 Å². The van der Waals surface area contributed by atoms with Crippen LogP contribution in [0.2, 0.25) is 5.02 Å². The van der Waals surface area contributed by atoms with E-state index in [-0.39, 0.29) is 5.91 Å². The third-order valence-corrected chi connectivity index (χ3v) is 8.11. The fourth-order valence-electron chi connectivity index (χ4n) is 5.41. The van der Waals surface area contributed by atoms with Crippen molar-refractivity contribution in [3.8, 4) is 0 Å². The Kier molecular flexibility index (Phi) is 11.3. The molecule has 1 amide bonds. The number of likely N-dealkylation sites (tertiary alicyclic amines) is 1. The van der Waals surface area contributed by atoms with Gasteiger partial charge in [-0.2, -0.15) is 0 Å². The second-order valence-electron chi connectivity index (χ2n) is 12.2. The summed E-state index contributed by atoms with van der Waals surface area (Å²) in [6.45, 7) is 15.4. The Bertz CT molecular complexity index is 1220. The number of hydrogen-bond donors (Lipinski definition) is 1. The van der Waals surface area contributed by atoms with Crippen LogP contribution in [0, 0.1) is 11.8 Å². The molecular formula is C33H48ClN5O. The molecule has 1 N–H and O–H groups in total. The fourth-order valence-corrected chi connectivity index (χ4v) is 5.62. The minimum absolute atomic E-state index is 0.123. The molecular weight excluding hydrogens is 518 g/mol. The van der Waals surface area contributed by atoms with Crippen LogP contribution in [-0.4, -0.2) is 58.0 Å². The van der Waals surface area contributed by atoms with Gasteiger partial charge in [-0.1, -0.05) is 57.8 Å². The van der Waals surface area contributed by atoms with Gasteiger partial charge >= 0.3 is 0 Å². The van der Waals surface area contributed by atoms with Gasteiger partial charge in [-0.15, -0.1) is 0 Å². The number of benzene rings is 2. The van der Waals surface area contributed by atoms with E-state index in [9.17, 15) is 4.79 Å².